The molecule has 9 heteroatoms. The highest BCUT2D eigenvalue weighted by Gasteiger charge is 2.33. The molecule has 1 fully saturated rings. The first-order chi connectivity index (χ1) is 18.7. The Morgan fingerprint density at radius 2 is 1.64 bits per heavy atom. The molecule has 2 aliphatic heterocycles. The molecule has 2 aliphatic rings. The highest BCUT2D eigenvalue weighted by molar-refractivity contribution is 7.89. The summed E-state index contributed by atoms with van der Waals surface area (Å²) in [6.07, 6.45) is 1.64. The van der Waals surface area contributed by atoms with E-state index in [1.807, 2.05) is 37.3 Å². The van der Waals surface area contributed by atoms with Gasteiger partial charge in [0.1, 0.15) is 5.75 Å². The molecule has 0 bridgehead atoms. The number of amides is 2. The molecule has 0 atom stereocenters. The topological polar surface area (TPSA) is 96.0 Å². The van der Waals surface area contributed by atoms with Gasteiger partial charge in [-0.15, -0.1) is 0 Å². The van der Waals surface area contributed by atoms with Gasteiger partial charge in [0.25, 0.3) is 5.91 Å². The van der Waals surface area contributed by atoms with Crippen molar-refractivity contribution >= 4 is 33.2 Å². The van der Waals surface area contributed by atoms with Crippen molar-refractivity contribution in [1.82, 2.24) is 4.31 Å². The van der Waals surface area contributed by atoms with E-state index in [0.29, 0.717) is 54.4 Å². The monoisotopic (exact) mass is 547 g/mol. The highest BCUT2D eigenvalue weighted by atomic mass is 32.2. The van der Waals surface area contributed by atoms with Gasteiger partial charge < -0.3 is 15.0 Å². The number of carbonyl (C=O) groups is 2. The molecule has 1 N–H and O–H groups in total. The number of nitrogens with one attached hydrogen (secondary N) is 1. The summed E-state index contributed by atoms with van der Waals surface area (Å²) in [7, 11) is -2.03. The molecular weight excluding hydrogens is 514 g/mol. The third kappa shape index (κ3) is 5.42. The zero-order chi connectivity index (χ0) is 27.7. The molecule has 0 radical (unpaired) electrons. The Hall–Kier alpha value is -3.69. The maximum absolute atomic E-state index is 13.2. The summed E-state index contributed by atoms with van der Waals surface area (Å²) in [4.78, 5) is 28.4. The molecule has 3 aromatic carbocycles. The average molecular weight is 548 g/mol. The predicted molar refractivity (Wildman–Crippen MR) is 151 cm³/mol. The Labute approximate surface area is 229 Å². The van der Waals surface area contributed by atoms with Crippen LogP contribution in [0.1, 0.15) is 39.9 Å². The van der Waals surface area contributed by atoms with Gasteiger partial charge >= 0.3 is 0 Å². The minimum Gasteiger partial charge on any atom is -0.497 e. The number of aryl methyl sites for hydroxylation is 2. The maximum Gasteiger partial charge on any atom is 0.258 e. The van der Waals surface area contributed by atoms with Crippen molar-refractivity contribution in [3.63, 3.8) is 0 Å². The summed E-state index contributed by atoms with van der Waals surface area (Å²) in [5.74, 6) is 0.162. The largest absolute Gasteiger partial charge is 0.497 e. The second-order valence-corrected chi connectivity index (χ2v) is 12.1. The summed E-state index contributed by atoms with van der Waals surface area (Å²) in [6, 6.07) is 18.1. The van der Waals surface area contributed by atoms with E-state index in [2.05, 4.69) is 5.32 Å². The number of hydrogen-bond acceptors (Lipinski definition) is 5. The number of carbonyl (C=O) groups excluding carboxylic acids is 2. The lowest BCUT2D eigenvalue weighted by molar-refractivity contribution is -0.120. The first-order valence-electron chi connectivity index (χ1n) is 13.1. The fourth-order valence-electron chi connectivity index (χ4n) is 5.28. The van der Waals surface area contributed by atoms with Crippen LogP contribution in [-0.2, 0) is 21.2 Å². The third-order valence-corrected chi connectivity index (χ3v) is 9.66. The van der Waals surface area contributed by atoms with E-state index in [4.69, 9.17) is 4.74 Å². The molecule has 39 heavy (non-hydrogen) atoms. The molecule has 2 amide bonds. The van der Waals surface area contributed by atoms with Crippen molar-refractivity contribution in [2.24, 2.45) is 5.92 Å². The van der Waals surface area contributed by atoms with E-state index in [1.165, 1.54) is 4.31 Å². The minimum atomic E-state index is -3.61. The molecule has 0 saturated carbocycles. The molecule has 2 heterocycles. The molecule has 0 unspecified atom stereocenters. The van der Waals surface area contributed by atoms with Crippen LogP contribution in [0.3, 0.4) is 0 Å². The fourth-order valence-corrected chi connectivity index (χ4v) is 7.06. The van der Waals surface area contributed by atoms with Crippen molar-refractivity contribution in [2.75, 3.05) is 37.0 Å². The smallest absolute Gasteiger partial charge is 0.258 e. The molecule has 8 nitrogen and oxygen atoms in total. The van der Waals surface area contributed by atoms with Crippen LogP contribution in [0.15, 0.2) is 65.6 Å². The van der Waals surface area contributed by atoms with E-state index in [9.17, 15) is 18.0 Å². The normalized spacial score (nSPS) is 16.1. The molecular formula is C30H33N3O5S. The summed E-state index contributed by atoms with van der Waals surface area (Å²) < 4.78 is 33.2. The Morgan fingerprint density at radius 1 is 0.923 bits per heavy atom. The lowest BCUT2D eigenvalue weighted by Gasteiger charge is -2.31. The number of nitrogens with zero attached hydrogens (tertiary/aromatic N) is 2. The second-order valence-electron chi connectivity index (χ2n) is 10.2. The van der Waals surface area contributed by atoms with E-state index in [-0.39, 0.29) is 17.7 Å². The molecule has 0 aromatic heterocycles. The molecule has 0 spiro atoms. The fraction of sp³-hybridized carbons (Fsp3) is 0.333. The SMILES string of the molecule is COc1ccc(C(=O)N2CCc3ccc(NC(=O)C4CCN(S(=O)(=O)c5cc(C)ccc5C)CC4)cc32)cc1. The highest BCUT2D eigenvalue weighted by Crippen LogP contribution is 2.33. The summed E-state index contributed by atoms with van der Waals surface area (Å²) in [5.41, 5.74) is 4.66. The number of methoxy groups -OCH3 is 1. The molecule has 0 aliphatic carbocycles. The first kappa shape index (κ1) is 26.9. The van der Waals surface area contributed by atoms with Crippen LogP contribution in [0, 0.1) is 19.8 Å². The number of rotatable bonds is 6. The lowest BCUT2D eigenvalue weighted by Crippen LogP contribution is -2.41. The van der Waals surface area contributed by atoms with Crippen LogP contribution in [0.4, 0.5) is 11.4 Å². The summed E-state index contributed by atoms with van der Waals surface area (Å²) >= 11 is 0. The zero-order valence-corrected chi connectivity index (χ0v) is 23.3. The van der Waals surface area contributed by atoms with Crippen molar-refractivity contribution < 1.29 is 22.7 Å². The van der Waals surface area contributed by atoms with E-state index in [1.54, 1.807) is 49.3 Å². The van der Waals surface area contributed by atoms with Crippen LogP contribution in [0.2, 0.25) is 0 Å². The van der Waals surface area contributed by atoms with Gasteiger partial charge in [0.15, 0.2) is 0 Å². The van der Waals surface area contributed by atoms with Gasteiger partial charge in [-0.05, 0) is 92.3 Å². The quantitative estimate of drug-likeness (QED) is 0.488. The lowest BCUT2D eigenvalue weighted by atomic mass is 9.97. The van der Waals surface area contributed by atoms with Gasteiger partial charge in [-0.25, -0.2) is 8.42 Å². The number of anilines is 2. The van der Waals surface area contributed by atoms with Crippen molar-refractivity contribution in [2.45, 2.75) is 38.0 Å². The first-order valence-corrected chi connectivity index (χ1v) is 14.6. The summed E-state index contributed by atoms with van der Waals surface area (Å²) in [6.45, 7) is 4.84. The molecule has 3 aromatic rings. The van der Waals surface area contributed by atoms with Gasteiger partial charge in [-0.1, -0.05) is 18.2 Å². The number of benzene rings is 3. The maximum atomic E-state index is 13.2. The van der Waals surface area contributed by atoms with Crippen LogP contribution in [0.25, 0.3) is 0 Å². The molecule has 5 rings (SSSR count). The number of piperidine rings is 1. The average Bonchev–Trinajstić information content (AvgIpc) is 3.37. The van der Waals surface area contributed by atoms with Crippen molar-refractivity contribution in [1.29, 1.82) is 0 Å². The molecule has 204 valence electrons. The Kier molecular flexibility index (Phi) is 7.46. The second kappa shape index (κ2) is 10.8. The third-order valence-electron chi connectivity index (χ3n) is 7.62. The van der Waals surface area contributed by atoms with Gasteiger partial charge in [0.05, 0.1) is 12.0 Å². The van der Waals surface area contributed by atoms with Crippen molar-refractivity contribution in [3.05, 3.63) is 82.9 Å². The van der Waals surface area contributed by atoms with E-state index in [0.717, 1.165) is 28.8 Å². The summed E-state index contributed by atoms with van der Waals surface area (Å²) in [5, 5.41) is 3.00. The Morgan fingerprint density at radius 3 is 2.33 bits per heavy atom. The van der Waals surface area contributed by atoms with Gasteiger partial charge in [0.2, 0.25) is 15.9 Å². The number of hydrogen-bond donors (Lipinski definition) is 1. The Balaban J connectivity index is 1.24. The zero-order valence-electron chi connectivity index (χ0n) is 22.4. The van der Waals surface area contributed by atoms with E-state index < -0.39 is 10.0 Å². The molecule has 1 saturated heterocycles. The Bertz CT molecular complexity index is 1510. The van der Waals surface area contributed by atoms with Crippen LogP contribution in [-0.4, -0.2) is 51.3 Å². The van der Waals surface area contributed by atoms with E-state index >= 15 is 0 Å². The van der Waals surface area contributed by atoms with Crippen LogP contribution in [0.5, 0.6) is 5.75 Å². The van der Waals surface area contributed by atoms with Gasteiger partial charge in [0, 0.05) is 42.5 Å². The minimum absolute atomic E-state index is 0.0997. The van der Waals surface area contributed by atoms with Crippen LogP contribution >= 0.6 is 0 Å². The standard InChI is InChI=1S/C30H33N3O5S/c1-20-4-5-21(2)28(18-20)39(36,37)32-15-12-23(13-16-32)29(34)31-25-9-6-22-14-17-33(27(22)19-25)30(35)24-7-10-26(38-3)11-8-24/h4-11,18-19,23H,12-17H2,1-3H3,(H,31,34). The number of ether oxygens (including phenoxy) is 1. The van der Waals surface area contributed by atoms with Gasteiger partial charge in [-0.2, -0.15) is 4.31 Å². The number of sulfonamides is 1. The van der Waals surface area contributed by atoms with Crippen molar-refractivity contribution in [3.8, 4) is 5.75 Å². The van der Waals surface area contributed by atoms with Crippen LogP contribution < -0.4 is 15.0 Å². The number of fused-ring (bicyclic) bond motifs is 1. The predicted octanol–water partition coefficient (Wildman–Crippen LogP) is 4.55. The van der Waals surface area contributed by atoms with Gasteiger partial charge in [-0.3, -0.25) is 9.59 Å².